The Labute approximate surface area is 161 Å². The summed E-state index contributed by atoms with van der Waals surface area (Å²) in [6.45, 7) is 7.69. The van der Waals surface area contributed by atoms with Crippen molar-refractivity contribution in [1.29, 1.82) is 0 Å². The van der Waals surface area contributed by atoms with E-state index in [0.29, 0.717) is 29.5 Å². The molecular formula is C21H27NO4S. The van der Waals surface area contributed by atoms with Gasteiger partial charge >= 0.3 is 10.3 Å². The molecule has 2 N–H and O–H groups in total. The summed E-state index contributed by atoms with van der Waals surface area (Å²) in [6, 6.07) is 13.3. The molecule has 0 amide bonds. The average Bonchev–Trinajstić information content (AvgIpc) is 2.58. The van der Waals surface area contributed by atoms with Crippen molar-refractivity contribution in [3.8, 4) is 5.75 Å². The van der Waals surface area contributed by atoms with Crippen LogP contribution in [0.2, 0.25) is 0 Å². The Morgan fingerprint density at radius 3 is 2.15 bits per heavy atom. The van der Waals surface area contributed by atoms with Crippen molar-refractivity contribution in [2.24, 2.45) is 5.14 Å². The predicted octanol–water partition coefficient (Wildman–Crippen LogP) is 4.33. The topological polar surface area (TPSA) is 86.5 Å². The van der Waals surface area contributed by atoms with Gasteiger partial charge in [-0.1, -0.05) is 70.2 Å². The summed E-state index contributed by atoms with van der Waals surface area (Å²) in [4.78, 5) is 12.9. The summed E-state index contributed by atoms with van der Waals surface area (Å²) in [5.74, 6) is 0.0639. The molecule has 0 radical (unpaired) electrons. The Kier molecular flexibility index (Phi) is 6.78. The van der Waals surface area contributed by atoms with Gasteiger partial charge in [0.15, 0.2) is 11.5 Å². The molecule has 2 rings (SSSR count). The Balaban J connectivity index is 2.46. The van der Waals surface area contributed by atoms with Crippen molar-refractivity contribution in [1.82, 2.24) is 0 Å². The van der Waals surface area contributed by atoms with Gasteiger partial charge in [-0.2, -0.15) is 13.6 Å². The lowest BCUT2D eigenvalue weighted by molar-refractivity contribution is 0.0981. The molecule has 0 aliphatic carbocycles. The number of rotatable bonds is 8. The van der Waals surface area contributed by atoms with Gasteiger partial charge in [0.25, 0.3) is 0 Å². The minimum Gasteiger partial charge on any atom is -0.370 e. The van der Waals surface area contributed by atoms with Gasteiger partial charge in [-0.15, -0.1) is 0 Å². The summed E-state index contributed by atoms with van der Waals surface area (Å²) in [7, 11) is -4.20. The number of aryl methyl sites for hydroxylation is 1. The fraction of sp³-hybridized carbons (Fsp3) is 0.381. The van der Waals surface area contributed by atoms with Gasteiger partial charge in [0.05, 0.1) is 0 Å². The number of nitrogens with two attached hydrogens (primary N) is 1. The zero-order valence-electron chi connectivity index (χ0n) is 16.2. The van der Waals surface area contributed by atoms with Crippen molar-refractivity contribution < 1.29 is 17.4 Å². The highest BCUT2D eigenvalue weighted by atomic mass is 32.2. The Bertz CT molecular complexity index is 903. The number of carbonyl (C=O) groups is 1. The summed E-state index contributed by atoms with van der Waals surface area (Å²) < 4.78 is 28.4. The number of ketones is 1. The first-order chi connectivity index (χ1) is 12.6. The van der Waals surface area contributed by atoms with Crippen LogP contribution in [0.4, 0.5) is 0 Å². The molecule has 5 nitrogen and oxygen atoms in total. The molecular weight excluding hydrogens is 362 g/mol. The van der Waals surface area contributed by atoms with Crippen LogP contribution in [0.1, 0.15) is 73.0 Å². The Morgan fingerprint density at radius 1 is 1.00 bits per heavy atom. The zero-order valence-corrected chi connectivity index (χ0v) is 17.0. The van der Waals surface area contributed by atoms with E-state index in [9.17, 15) is 13.2 Å². The molecule has 6 heteroatoms. The van der Waals surface area contributed by atoms with Crippen LogP contribution in [0, 0.1) is 0 Å². The van der Waals surface area contributed by atoms with Gasteiger partial charge in [0, 0.05) is 17.5 Å². The second-order valence-electron chi connectivity index (χ2n) is 7.24. The van der Waals surface area contributed by atoms with Crippen molar-refractivity contribution in [2.75, 3.05) is 0 Å². The maximum absolute atomic E-state index is 12.9. The van der Waals surface area contributed by atoms with Crippen LogP contribution in [0.15, 0.2) is 42.5 Å². The van der Waals surface area contributed by atoms with Crippen LogP contribution in [0.5, 0.6) is 5.75 Å². The third-order valence-corrected chi connectivity index (χ3v) is 4.81. The zero-order chi connectivity index (χ0) is 20.2. The quantitative estimate of drug-likeness (QED) is 0.681. The average molecular weight is 390 g/mol. The number of carbonyl (C=O) groups excluding carboxylic acids is 1. The fourth-order valence-electron chi connectivity index (χ4n) is 3.13. The van der Waals surface area contributed by atoms with Gasteiger partial charge in [0.2, 0.25) is 0 Å². The SMILES string of the molecule is CC(C)c1ccc(C(=O)CCc2ccccc2)c(C(C)C)c1OS(N)(=O)=O. The van der Waals surface area contributed by atoms with E-state index in [1.165, 1.54) is 0 Å². The van der Waals surface area contributed by atoms with Crippen molar-refractivity contribution in [3.05, 3.63) is 64.7 Å². The molecule has 0 aromatic heterocycles. The van der Waals surface area contributed by atoms with Crippen LogP contribution < -0.4 is 9.32 Å². The molecule has 0 spiro atoms. The van der Waals surface area contributed by atoms with E-state index in [2.05, 4.69) is 0 Å². The molecule has 0 aliphatic rings. The highest BCUT2D eigenvalue weighted by Gasteiger charge is 2.25. The van der Waals surface area contributed by atoms with E-state index < -0.39 is 10.3 Å². The molecule has 0 unspecified atom stereocenters. The fourth-order valence-corrected chi connectivity index (χ4v) is 3.55. The van der Waals surface area contributed by atoms with Crippen LogP contribution in [-0.2, 0) is 16.7 Å². The minimum atomic E-state index is -4.20. The summed E-state index contributed by atoms with van der Waals surface area (Å²) >= 11 is 0. The maximum atomic E-state index is 12.9. The van der Waals surface area contributed by atoms with E-state index in [-0.39, 0.29) is 23.4 Å². The molecule has 0 bridgehead atoms. The molecule has 2 aromatic rings. The number of hydrogen-bond donors (Lipinski definition) is 1. The summed E-state index contributed by atoms with van der Waals surface area (Å²) in [6.07, 6.45) is 0.952. The van der Waals surface area contributed by atoms with E-state index in [1.807, 2.05) is 58.0 Å². The Morgan fingerprint density at radius 2 is 1.63 bits per heavy atom. The molecule has 0 atom stereocenters. The van der Waals surface area contributed by atoms with E-state index in [4.69, 9.17) is 9.32 Å². The third kappa shape index (κ3) is 5.65. The molecule has 0 saturated carbocycles. The smallest absolute Gasteiger partial charge is 0.370 e. The lowest BCUT2D eigenvalue weighted by Gasteiger charge is -2.21. The maximum Gasteiger partial charge on any atom is 0.380 e. The normalized spacial score (nSPS) is 11.8. The number of hydrogen-bond acceptors (Lipinski definition) is 4. The van der Waals surface area contributed by atoms with Gasteiger partial charge in [-0.3, -0.25) is 4.79 Å². The molecule has 0 saturated heterocycles. The lowest BCUT2D eigenvalue weighted by atomic mass is 9.87. The van der Waals surface area contributed by atoms with Gasteiger partial charge < -0.3 is 4.18 Å². The van der Waals surface area contributed by atoms with Gasteiger partial charge in [-0.25, -0.2) is 0 Å². The first-order valence-electron chi connectivity index (χ1n) is 9.06. The number of benzene rings is 2. The largest absolute Gasteiger partial charge is 0.380 e. The molecule has 0 heterocycles. The van der Waals surface area contributed by atoms with Crippen LogP contribution in [-0.4, -0.2) is 14.2 Å². The van der Waals surface area contributed by atoms with Crippen LogP contribution >= 0.6 is 0 Å². The van der Waals surface area contributed by atoms with Crippen molar-refractivity contribution in [3.63, 3.8) is 0 Å². The van der Waals surface area contributed by atoms with E-state index >= 15 is 0 Å². The third-order valence-electron chi connectivity index (χ3n) is 4.41. The first-order valence-corrected chi connectivity index (χ1v) is 10.5. The second kappa shape index (κ2) is 8.67. The minimum absolute atomic E-state index is 0.0210. The predicted molar refractivity (Wildman–Crippen MR) is 107 cm³/mol. The molecule has 0 fully saturated rings. The van der Waals surface area contributed by atoms with Gasteiger partial charge in [-0.05, 0) is 29.4 Å². The first kappa shape index (κ1) is 21.1. The second-order valence-corrected chi connectivity index (χ2v) is 8.39. The number of Topliss-reactive ketones (excluding diaryl/α,β-unsaturated/α-hetero) is 1. The van der Waals surface area contributed by atoms with Gasteiger partial charge in [0.1, 0.15) is 0 Å². The molecule has 146 valence electrons. The molecule has 2 aromatic carbocycles. The summed E-state index contributed by atoms with van der Waals surface area (Å²) in [5.41, 5.74) is 2.88. The highest BCUT2D eigenvalue weighted by molar-refractivity contribution is 7.84. The standard InChI is InChI=1S/C21H27NO4S/c1-14(2)17-11-12-18(19(23)13-10-16-8-6-5-7-9-16)20(15(3)4)21(17)26-27(22,24)25/h5-9,11-12,14-15H,10,13H2,1-4H3,(H2,22,24,25). The van der Waals surface area contributed by atoms with Crippen LogP contribution in [0.3, 0.4) is 0 Å². The van der Waals surface area contributed by atoms with Crippen molar-refractivity contribution >= 4 is 16.1 Å². The summed E-state index contributed by atoms with van der Waals surface area (Å²) in [5, 5.41) is 5.13. The van der Waals surface area contributed by atoms with E-state index in [0.717, 1.165) is 5.56 Å². The molecule has 27 heavy (non-hydrogen) atoms. The lowest BCUT2D eigenvalue weighted by Crippen LogP contribution is -2.22. The van der Waals surface area contributed by atoms with E-state index in [1.54, 1.807) is 12.1 Å². The monoisotopic (exact) mass is 389 g/mol. The van der Waals surface area contributed by atoms with Crippen molar-refractivity contribution in [2.45, 2.75) is 52.4 Å². The highest BCUT2D eigenvalue weighted by Crippen LogP contribution is 2.38. The Hall–Kier alpha value is -2.18. The van der Waals surface area contributed by atoms with Crippen LogP contribution in [0.25, 0.3) is 0 Å². The molecule has 0 aliphatic heterocycles.